The summed E-state index contributed by atoms with van der Waals surface area (Å²) in [5, 5.41) is 12.1. The third-order valence-electron chi connectivity index (χ3n) is 3.44. The van der Waals surface area contributed by atoms with Gasteiger partial charge in [0.15, 0.2) is 0 Å². The summed E-state index contributed by atoms with van der Waals surface area (Å²) < 4.78 is 0. The second-order valence-corrected chi connectivity index (χ2v) is 4.82. The first-order chi connectivity index (χ1) is 9.74. The molecule has 20 heavy (non-hydrogen) atoms. The largest absolute Gasteiger partial charge is 0.395 e. The molecule has 1 saturated heterocycles. The van der Waals surface area contributed by atoms with E-state index in [2.05, 4.69) is 15.2 Å². The van der Waals surface area contributed by atoms with Crippen molar-refractivity contribution in [2.75, 3.05) is 51.2 Å². The average Bonchev–Trinajstić information content (AvgIpc) is 2.49. The SMILES string of the molecule is CCNc1ccc(C(=O)N2CCN(CCO)CC2)nc1. The van der Waals surface area contributed by atoms with Gasteiger partial charge < -0.3 is 15.3 Å². The molecule has 110 valence electrons. The number of piperazine rings is 1. The molecule has 6 heteroatoms. The Morgan fingerprint density at radius 1 is 1.35 bits per heavy atom. The molecule has 1 aliphatic rings. The summed E-state index contributed by atoms with van der Waals surface area (Å²) in [6.45, 7) is 6.69. The van der Waals surface area contributed by atoms with E-state index >= 15 is 0 Å². The highest BCUT2D eigenvalue weighted by molar-refractivity contribution is 5.92. The molecule has 0 aliphatic carbocycles. The highest BCUT2D eigenvalue weighted by Gasteiger charge is 2.22. The smallest absolute Gasteiger partial charge is 0.272 e. The van der Waals surface area contributed by atoms with Crippen LogP contribution in [0.5, 0.6) is 0 Å². The van der Waals surface area contributed by atoms with E-state index < -0.39 is 0 Å². The number of carbonyl (C=O) groups excluding carboxylic acids is 1. The number of amides is 1. The van der Waals surface area contributed by atoms with E-state index in [1.807, 2.05) is 17.9 Å². The van der Waals surface area contributed by atoms with E-state index in [9.17, 15) is 4.79 Å². The molecule has 1 amide bonds. The molecule has 6 nitrogen and oxygen atoms in total. The van der Waals surface area contributed by atoms with Gasteiger partial charge in [-0.2, -0.15) is 0 Å². The van der Waals surface area contributed by atoms with Gasteiger partial charge in [-0.3, -0.25) is 9.69 Å². The number of hydrogen-bond donors (Lipinski definition) is 2. The molecule has 0 aromatic carbocycles. The molecular weight excluding hydrogens is 256 g/mol. The summed E-state index contributed by atoms with van der Waals surface area (Å²) in [5.41, 5.74) is 1.42. The third-order valence-corrected chi connectivity index (χ3v) is 3.44. The van der Waals surface area contributed by atoms with E-state index in [-0.39, 0.29) is 12.5 Å². The molecule has 2 rings (SSSR count). The number of carbonyl (C=O) groups is 1. The van der Waals surface area contributed by atoms with Gasteiger partial charge in [0, 0.05) is 39.3 Å². The Labute approximate surface area is 119 Å². The van der Waals surface area contributed by atoms with Crippen molar-refractivity contribution in [3.8, 4) is 0 Å². The number of aromatic nitrogens is 1. The van der Waals surface area contributed by atoms with E-state index in [0.29, 0.717) is 25.3 Å². The fourth-order valence-corrected chi connectivity index (χ4v) is 2.31. The minimum Gasteiger partial charge on any atom is -0.395 e. The first kappa shape index (κ1) is 14.7. The Balaban J connectivity index is 1.91. The van der Waals surface area contributed by atoms with Crippen LogP contribution >= 0.6 is 0 Å². The molecule has 1 fully saturated rings. The van der Waals surface area contributed by atoms with Crippen LogP contribution < -0.4 is 5.32 Å². The van der Waals surface area contributed by atoms with Crippen LogP contribution in [0.4, 0.5) is 5.69 Å². The van der Waals surface area contributed by atoms with Crippen molar-refractivity contribution >= 4 is 11.6 Å². The Bertz CT molecular complexity index is 427. The maximum absolute atomic E-state index is 12.3. The van der Waals surface area contributed by atoms with Gasteiger partial charge in [-0.1, -0.05) is 0 Å². The van der Waals surface area contributed by atoms with Crippen LogP contribution in [0.1, 0.15) is 17.4 Å². The third kappa shape index (κ3) is 3.68. The summed E-state index contributed by atoms with van der Waals surface area (Å²) in [4.78, 5) is 20.5. The predicted molar refractivity (Wildman–Crippen MR) is 77.8 cm³/mol. The lowest BCUT2D eigenvalue weighted by Crippen LogP contribution is -2.49. The predicted octanol–water partition coefficient (Wildman–Crippen LogP) is 0.264. The van der Waals surface area contributed by atoms with Crippen molar-refractivity contribution in [1.82, 2.24) is 14.8 Å². The topological polar surface area (TPSA) is 68.7 Å². The molecule has 1 aromatic rings. The van der Waals surface area contributed by atoms with Crippen molar-refractivity contribution in [1.29, 1.82) is 0 Å². The summed E-state index contributed by atoms with van der Waals surface area (Å²) >= 11 is 0. The highest BCUT2D eigenvalue weighted by atomic mass is 16.3. The Morgan fingerprint density at radius 3 is 2.65 bits per heavy atom. The van der Waals surface area contributed by atoms with E-state index in [1.54, 1.807) is 12.3 Å². The summed E-state index contributed by atoms with van der Waals surface area (Å²) in [7, 11) is 0. The van der Waals surface area contributed by atoms with Gasteiger partial charge >= 0.3 is 0 Å². The van der Waals surface area contributed by atoms with Gasteiger partial charge in [-0.05, 0) is 19.1 Å². The summed E-state index contributed by atoms with van der Waals surface area (Å²) in [6, 6.07) is 3.65. The molecule has 0 bridgehead atoms. The first-order valence-electron chi connectivity index (χ1n) is 7.07. The second-order valence-electron chi connectivity index (χ2n) is 4.82. The number of aliphatic hydroxyl groups excluding tert-OH is 1. The van der Waals surface area contributed by atoms with Crippen molar-refractivity contribution in [2.24, 2.45) is 0 Å². The maximum atomic E-state index is 12.3. The lowest BCUT2D eigenvalue weighted by Gasteiger charge is -2.34. The fraction of sp³-hybridized carbons (Fsp3) is 0.571. The molecule has 0 unspecified atom stereocenters. The number of nitrogens with one attached hydrogen (secondary N) is 1. The molecule has 1 aliphatic heterocycles. The number of aliphatic hydroxyl groups is 1. The molecule has 2 N–H and O–H groups in total. The van der Waals surface area contributed by atoms with Gasteiger partial charge in [0.2, 0.25) is 0 Å². The molecule has 0 radical (unpaired) electrons. The Morgan fingerprint density at radius 2 is 2.10 bits per heavy atom. The standard InChI is InChI=1S/C14H22N4O2/c1-2-15-12-3-4-13(16-11-12)14(20)18-7-5-17(6-8-18)9-10-19/h3-4,11,15,19H,2,5-10H2,1H3. The lowest BCUT2D eigenvalue weighted by atomic mass is 10.2. The Kier molecular flexibility index (Phi) is 5.31. The average molecular weight is 278 g/mol. The van der Waals surface area contributed by atoms with Crippen molar-refractivity contribution in [2.45, 2.75) is 6.92 Å². The van der Waals surface area contributed by atoms with Gasteiger partial charge in [-0.25, -0.2) is 4.98 Å². The van der Waals surface area contributed by atoms with Crippen molar-refractivity contribution in [3.05, 3.63) is 24.0 Å². The minimum absolute atomic E-state index is 0.0169. The zero-order valence-corrected chi connectivity index (χ0v) is 11.9. The number of pyridine rings is 1. The van der Waals surface area contributed by atoms with Gasteiger partial charge in [0.1, 0.15) is 5.69 Å². The zero-order chi connectivity index (χ0) is 14.4. The van der Waals surface area contributed by atoms with E-state index in [0.717, 1.165) is 25.3 Å². The van der Waals surface area contributed by atoms with E-state index in [4.69, 9.17) is 5.11 Å². The van der Waals surface area contributed by atoms with Crippen molar-refractivity contribution < 1.29 is 9.90 Å². The van der Waals surface area contributed by atoms with E-state index in [1.165, 1.54) is 0 Å². The zero-order valence-electron chi connectivity index (χ0n) is 11.9. The number of anilines is 1. The molecule has 1 aromatic heterocycles. The number of hydrogen-bond acceptors (Lipinski definition) is 5. The normalized spacial score (nSPS) is 16.2. The van der Waals surface area contributed by atoms with Crippen LogP contribution in [0.15, 0.2) is 18.3 Å². The van der Waals surface area contributed by atoms with Crippen LogP contribution in [0.3, 0.4) is 0 Å². The van der Waals surface area contributed by atoms with Gasteiger partial charge in [0.25, 0.3) is 5.91 Å². The second kappa shape index (κ2) is 7.21. The molecule has 0 saturated carbocycles. The van der Waals surface area contributed by atoms with Crippen LogP contribution in [0.25, 0.3) is 0 Å². The quantitative estimate of drug-likeness (QED) is 0.809. The first-order valence-corrected chi connectivity index (χ1v) is 7.07. The summed E-state index contributed by atoms with van der Waals surface area (Å²) in [6.07, 6.45) is 1.69. The monoisotopic (exact) mass is 278 g/mol. The Hall–Kier alpha value is -1.66. The number of β-amino-alcohol motifs (C(OH)–C–C–N with tert-alkyl or cyclic N) is 1. The van der Waals surface area contributed by atoms with Crippen LogP contribution in [-0.4, -0.2) is 71.7 Å². The van der Waals surface area contributed by atoms with Crippen molar-refractivity contribution in [3.63, 3.8) is 0 Å². The van der Waals surface area contributed by atoms with Crippen LogP contribution in [-0.2, 0) is 0 Å². The number of nitrogens with zero attached hydrogens (tertiary/aromatic N) is 3. The minimum atomic E-state index is -0.0169. The number of rotatable bonds is 5. The van der Waals surface area contributed by atoms with Crippen LogP contribution in [0.2, 0.25) is 0 Å². The fourth-order valence-electron chi connectivity index (χ4n) is 2.31. The summed E-state index contributed by atoms with van der Waals surface area (Å²) in [5.74, 6) is -0.0169. The van der Waals surface area contributed by atoms with Crippen LogP contribution in [0, 0.1) is 0 Å². The lowest BCUT2D eigenvalue weighted by molar-refractivity contribution is 0.0609. The maximum Gasteiger partial charge on any atom is 0.272 e. The van der Waals surface area contributed by atoms with Gasteiger partial charge in [-0.15, -0.1) is 0 Å². The molecule has 0 atom stereocenters. The van der Waals surface area contributed by atoms with Gasteiger partial charge in [0.05, 0.1) is 18.5 Å². The molecular formula is C14H22N4O2. The molecule has 2 heterocycles. The molecule has 0 spiro atoms. The highest BCUT2D eigenvalue weighted by Crippen LogP contribution is 2.10.